The molecule has 0 amide bonds. The first-order valence-corrected chi connectivity index (χ1v) is 7.34. The van der Waals surface area contributed by atoms with Crippen LogP contribution in [0, 0.1) is 0 Å². The van der Waals surface area contributed by atoms with Gasteiger partial charge < -0.3 is 9.47 Å². The van der Waals surface area contributed by atoms with Crippen molar-refractivity contribution in [3.05, 3.63) is 47.7 Å². The van der Waals surface area contributed by atoms with Crippen LogP contribution in [0.5, 0.6) is 0 Å². The van der Waals surface area contributed by atoms with Crippen molar-refractivity contribution in [3.63, 3.8) is 0 Å². The number of rotatable bonds is 1. The minimum atomic E-state index is -0.866. The maximum atomic E-state index is 6.35. The molecule has 0 spiro atoms. The minimum absolute atomic E-state index is 0.207. The molecule has 2 atom stereocenters. The zero-order chi connectivity index (χ0) is 12.1. The van der Waals surface area contributed by atoms with E-state index < -0.39 is 8.37 Å². The second kappa shape index (κ2) is 3.77. The number of hydrogen-bond acceptors (Lipinski definition) is 5. The lowest BCUT2D eigenvalue weighted by molar-refractivity contribution is 0.190. The second-order valence-electron chi connectivity index (χ2n) is 4.48. The molecule has 18 heavy (non-hydrogen) atoms. The molecule has 0 saturated carbocycles. The van der Waals surface area contributed by atoms with Crippen molar-refractivity contribution < 1.29 is 9.47 Å². The van der Waals surface area contributed by atoms with Gasteiger partial charge in [0.25, 0.3) is 11.8 Å². The van der Waals surface area contributed by atoms with E-state index in [1.165, 1.54) is 5.56 Å². The van der Waals surface area contributed by atoms with Crippen LogP contribution in [0.2, 0.25) is 0 Å². The van der Waals surface area contributed by atoms with Crippen molar-refractivity contribution in [3.8, 4) is 0 Å². The van der Waals surface area contributed by atoms with E-state index in [0.717, 1.165) is 18.3 Å². The molecule has 3 aliphatic heterocycles. The van der Waals surface area contributed by atoms with Crippen LogP contribution in [0.25, 0.3) is 0 Å². The number of nitrogens with two attached hydrogens (primary N) is 1. The topological polar surface area (TPSA) is 51.0 Å². The summed E-state index contributed by atoms with van der Waals surface area (Å²) in [5, 5.41) is 0. The van der Waals surface area contributed by atoms with Crippen molar-refractivity contribution in [2.75, 3.05) is 19.8 Å². The van der Waals surface area contributed by atoms with Gasteiger partial charge in [0.05, 0.1) is 12.6 Å². The lowest BCUT2D eigenvalue weighted by atomic mass is 10.1. The summed E-state index contributed by atoms with van der Waals surface area (Å²) >= 11 is 0. The summed E-state index contributed by atoms with van der Waals surface area (Å²) in [7, 11) is -0.866. The number of fused-ring (bicyclic) bond motifs is 2. The first-order chi connectivity index (χ1) is 8.86. The first kappa shape index (κ1) is 10.5. The van der Waals surface area contributed by atoms with Crippen molar-refractivity contribution in [1.82, 2.24) is 9.34 Å². The zero-order valence-corrected chi connectivity index (χ0v) is 10.7. The Bertz CT molecular complexity index is 507. The van der Waals surface area contributed by atoms with E-state index in [0.29, 0.717) is 13.2 Å². The van der Waals surface area contributed by atoms with E-state index in [1.807, 2.05) is 18.2 Å². The van der Waals surface area contributed by atoms with Gasteiger partial charge >= 0.3 is 0 Å². The first-order valence-electron chi connectivity index (χ1n) is 6.02. The van der Waals surface area contributed by atoms with Crippen LogP contribution in [-0.4, -0.2) is 29.1 Å². The summed E-state index contributed by atoms with van der Waals surface area (Å²) in [6.45, 7) is 2.22. The summed E-state index contributed by atoms with van der Waals surface area (Å²) in [4.78, 5) is 0. The molecule has 5 nitrogen and oxygen atoms in total. The molecule has 94 valence electrons. The Morgan fingerprint density at radius 1 is 1.17 bits per heavy atom. The van der Waals surface area contributed by atoms with Gasteiger partial charge in [-0.15, -0.1) is 0 Å². The molecule has 2 fully saturated rings. The average molecular weight is 263 g/mol. The van der Waals surface area contributed by atoms with Gasteiger partial charge in [0, 0.05) is 0 Å². The van der Waals surface area contributed by atoms with Crippen molar-refractivity contribution in [2.45, 2.75) is 6.04 Å². The third-order valence-electron chi connectivity index (χ3n) is 3.49. The maximum Gasteiger partial charge on any atom is 0.258 e. The van der Waals surface area contributed by atoms with E-state index in [2.05, 4.69) is 21.5 Å². The van der Waals surface area contributed by atoms with Gasteiger partial charge in [0.2, 0.25) is 0 Å². The average Bonchev–Trinajstić information content (AvgIpc) is 3.08. The van der Waals surface area contributed by atoms with Crippen LogP contribution in [0.4, 0.5) is 0 Å². The molecule has 0 bridgehead atoms. The number of ether oxygens (including phenoxy) is 2. The van der Waals surface area contributed by atoms with Crippen molar-refractivity contribution in [1.29, 1.82) is 0 Å². The van der Waals surface area contributed by atoms with Gasteiger partial charge in [-0.3, -0.25) is 14.8 Å². The predicted molar refractivity (Wildman–Crippen MR) is 67.8 cm³/mol. The van der Waals surface area contributed by atoms with Crippen LogP contribution < -0.4 is 5.50 Å². The Morgan fingerprint density at radius 2 is 2.00 bits per heavy atom. The summed E-state index contributed by atoms with van der Waals surface area (Å²) in [5.41, 5.74) is 7.59. The smallest absolute Gasteiger partial charge is 0.258 e. The van der Waals surface area contributed by atoms with Gasteiger partial charge in [-0.25, -0.2) is 0 Å². The Balaban J connectivity index is 1.73. The third kappa shape index (κ3) is 1.29. The fraction of sp³-hybridized carbons (Fsp3) is 0.333. The van der Waals surface area contributed by atoms with Gasteiger partial charge in [-0.1, -0.05) is 30.3 Å². The van der Waals surface area contributed by atoms with Gasteiger partial charge in [0.1, 0.15) is 13.2 Å². The largest absolute Gasteiger partial charge is 0.473 e. The highest BCUT2D eigenvalue weighted by molar-refractivity contribution is 7.50. The molecule has 3 heterocycles. The summed E-state index contributed by atoms with van der Waals surface area (Å²) in [6.07, 6.45) is 0. The lowest BCUT2D eigenvalue weighted by Crippen LogP contribution is -2.24. The molecule has 2 unspecified atom stereocenters. The second-order valence-corrected chi connectivity index (χ2v) is 6.04. The Morgan fingerprint density at radius 3 is 2.83 bits per heavy atom. The van der Waals surface area contributed by atoms with Crippen molar-refractivity contribution in [2.24, 2.45) is 5.50 Å². The van der Waals surface area contributed by atoms with E-state index in [4.69, 9.17) is 15.0 Å². The predicted octanol–water partition coefficient (Wildman–Crippen LogP) is 1.72. The molecule has 1 aromatic carbocycles. The Hall–Kier alpha value is -1.45. The van der Waals surface area contributed by atoms with Gasteiger partial charge in [-0.2, -0.15) is 0 Å². The molecule has 0 aromatic heterocycles. The summed E-state index contributed by atoms with van der Waals surface area (Å²) < 4.78 is 15.7. The maximum absolute atomic E-state index is 6.35. The molecule has 2 saturated heterocycles. The van der Waals surface area contributed by atoms with Crippen LogP contribution in [-0.2, 0) is 9.47 Å². The quantitative estimate of drug-likeness (QED) is 0.782. The molecule has 1 aromatic rings. The lowest BCUT2D eigenvalue weighted by Gasteiger charge is -2.28. The highest BCUT2D eigenvalue weighted by atomic mass is 31.1. The van der Waals surface area contributed by atoms with Crippen LogP contribution in [0.3, 0.4) is 0 Å². The van der Waals surface area contributed by atoms with Gasteiger partial charge in [-0.05, 0) is 5.56 Å². The van der Waals surface area contributed by atoms with E-state index in [9.17, 15) is 0 Å². The Labute approximate surface area is 107 Å². The van der Waals surface area contributed by atoms with Crippen LogP contribution in [0.1, 0.15) is 11.6 Å². The highest BCUT2D eigenvalue weighted by Crippen LogP contribution is 2.58. The number of benzene rings is 1. The summed E-state index contributed by atoms with van der Waals surface area (Å²) in [6, 6.07) is 10.6. The molecule has 0 aliphatic carbocycles. The van der Waals surface area contributed by atoms with Gasteiger partial charge in [0.15, 0.2) is 8.37 Å². The SMILES string of the molecule is NP1N2CCOC2=C2OCC(c3ccccc3)N21. The zero-order valence-electron chi connectivity index (χ0n) is 9.82. The fourth-order valence-electron chi connectivity index (χ4n) is 2.63. The molecule has 0 radical (unpaired) electrons. The highest BCUT2D eigenvalue weighted by Gasteiger charge is 2.49. The molecule has 3 aliphatic rings. The van der Waals surface area contributed by atoms with Crippen LogP contribution >= 0.6 is 8.37 Å². The number of hydrogen-bond donors (Lipinski definition) is 1. The van der Waals surface area contributed by atoms with Crippen molar-refractivity contribution >= 4 is 8.37 Å². The molecular weight excluding hydrogens is 249 g/mol. The van der Waals surface area contributed by atoms with Crippen LogP contribution in [0.15, 0.2) is 42.1 Å². The molecular formula is C12H14N3O2P. The fourth-order valence-corrected chi connectivity index (χ4v) is 4.30. The normalized spacial score (nSPS) is 29.2. The Kier molecular flexibility index (Phi) is 2.19. The minimum Gasteiger partial charge on any atom is -0.473 e. The molecule has 2 N–H and O–H groups in total. The number of nitrogens with zero attached hydrogens (tertiary/aromatic N) is 2. The monoisotopic (exact) mass is 263 g/mol. The van der Waals surface area contributed by atoms with E-state index in [-0.39, 0.29) is 6.04 Å². The standard InChI is InChI=1S/C12H14N3O2P/c13-18-14-6-7-16-11(14)12-15(18)10(8-17-12)9-4-2-1-3-5-9/h1-5,10H,6-8,13H2. The molecule has 4 rings (SSSR count). The van der Waals surface area contributed by atoms with E-state index >= 15 is 0 Å². The summed E-state index contributed by atoms with van der Waals surface area (Å²) in [5.74, 6) is 1.66. The van der Waals surface area contributed by atoms with E-state index in [1.54, 1.807) is 0 Å². The third-order valence-corrected chi connectivity index (χ3v) is 5.27. The molecule has 6 heteroatoms.